The lowest BCUT2D eigenvalue weighted by molar-refractivity contribution is 0.0299. The number of carbonyl (C=O) groups excluding carboxylic acids is 1. The van der Waals surface area contributed by atoms with Crippen molar-refractivity contribution in [2.24, 2.45) is 0 Å². The van der Waals surface area contributed by atoms with Crippen molar-refractivity contribution in [3.05, 3.63) is 58.2 Å². The Bertz CT molecular complexity index is 940. The minimum atomic E-state index is -1.47. The van der Waals surface area contributed by atoms with Crippen molar-refractivity contribution in [1.29, 1.82) is 0 Å². The van der Waals surface area contributed by atoms with Crippen LogP contribution >= 0.6 is 0 Å². The van der Waals surface area contributed by atoms with Gasteiger partial charge < -0.3 is 20.1 Å². The molecule has 1 amide bonds. The average Bonchev–Trinajstić information content (AvgIpc) is 2.67. The van der Waals surface area contributed by atoms with Gasteiger partial charge in [0.25, 0.3) is 5.91 Å². The van der Waals surface area contributed by atoms with Crippen molar-refractivity contribution in [3.63, 3.8) is 0 Å². The second-order valence-corrected chi connectivity index (χ2v) is 6.63. The number of amides is 1. The third-order valence-corrected chi connectivity index (χ3v) is 4.61. The fourth-order valence-corrected chi connectivity index (χ4v) is 3.10. The van der Waals surface area contributed by atoms with E-state index in [1.165, 1.54) is 4.90 Å². The van der Waals surface area contributed by atoms with Gasteiger partial charge in [0, 0.05) is 18.8 Å². The standard InChI is InChI=1S/C20H20F2N2O4/c1-11-3-4-15(12(2)9-11)23-18-14(20(26)27)10-13(16(21)17(18)22)19(25)24-5-7-28-8-6-24/h3-4,9-10,23H,5-8H2,1-2H3,(H,26,27). The molecule has 0 aliphatic carbocycles. The summed E-state index contributed by atoms with van der Waals surface area (Å²) < 4.78 is 34.6. The molecule has 1 fully saturated rings. The molecule has 28 heavy (non-hydrogen) atoms. The number of ether oxygens (including phenoxy) is 1. The van der Waals surface area contributed by atoms with Crippen molar-refractivity contribution in [2.45, 2.75) is 13.8 Å². The second kappa shape index (κ2) is 7.93. The van der Waals surface area contributed by atoms with E-state index < -0.39 is 40.3 Å². The first kappa shape index (κ1) is 19.8. The van der Waals surface area contributed by atoms with Crippen molar-refractivity contribution in [1.82, 2.24) is 4.90 Å². The van der Waals surface area contributed by atoms with E-state index in [2.05, 4.69) is 5.32 Å². The number of benzene rings is 2. The van der Waals surface area contributed by atoms with E-state index in [1.807, 2.05) is 13.0 Å². The number of aromatic carboxylic acids is 1. The highest BCUT2D eigenvalue weighted by Crippen LogP contribution is 2.31. The number of aryl methyl sites for hydroxylation is 2. The molecule has 0 atom stereocenters. The Morgan fingerprint density at radius 3 is 2.36 bits per heavy atom. The molecule has 148 valence electrons. The number of halogens is 2. The van der Waals surface area contributed by atoms with E-state index in [-0.39, 0.29) is 26.3 Å². The van der Waals surface area contributed by atoms with Gasteiger partial charge in [-0.15, -0.1) is 0 Å². The number of rotatable bonds is 4. The molecule has 1 saturated heterocycles. The summed E-state index contributed by atoms with van der Waals surface area (Å²) in [6.45, 7) is 4.67. The highest BCUT2D eigenvalue weighted by Gasteiger charge is 2.29. The Labute approximate surface area is 160 Å². The zero-order chi connectivity index (χ0) is 20.4. The Morgan fingerprint density at radius 2 is 1.75 bits per heavy atom. The van der Waals surface area contributed by atoms with Crippen molar-refractivity contribution < 1.29 is 28.2 Å². The molecule has 0 aromatic heterocycles. The van der Waals surface area contributed by atoms with Crippen molar-refractivity contribution in [2.75, 3.05) is 31.6 Å². The number of carboxylic acid groups (broad SMARTS) is 1. The third kappa shape index (κ3) is 3.82. The molecule has 2 aromatic carbocycles. The van der Waals surface area contributed by atoms with Gasteiger partial charge in [-0.25, -0.2) is 13.6 Å². The molecule has 1 aliphatic rings. The van der Waals surface area contributed by atoms with Gasteiger partial charge >= 0.3 is 5.97 Å². The predicted octanol–water partition coefficient (Wildman–Crippen LogP) is 3.50. The number of carbonyl (C=O) groups is 2. The number of hydrogen-bond acceptors (Lipinski definition) is 4. The molecule has 1 aliphatic heterocycles. The van der Waals surface area contributed by atoms with Gasteiger partial charge in [0.05, 0.1) is 30.0 Å². The summed E-state index contributed by atoms with van der Waals surface area (Å²) in [4.78, 5) is 25.6. The molecule has 1 heterocycles. The minimum absolute atomic E-state index is 0.227. The van der Waals surface area contributed by atoms with Gasteiger partial charge in [0.2, 0.25) is 0 Å². The topological polar surface area (TPSA) is 78.9 Å². The van der Waals surface area contributed by atoms with Crippen LogP contribution in [0.3, 0.4) is 0 Å². The number of morpholine rings is 1. The van der Waals surface area contributed by atoms with Crippen LogP contribution in [-0.2, 0) is 4.74 Å². The van der Waals surface area contributed by atoms with E-state index in [4.69, 9.17) is 4.74 Å². The number of hydrogen-bond donors (Lipinski definition) is 2. The largest absolute Gasteiger partial charge is 0.478 e. The van der Waals surface area contributed by atoms with Crippen molar-refractivity contribution >= 4 is 23.3 Å². The molecule has 8 heteroatoms. The summed E-state index contributed by atoms with van der Waals surface area (Å²) in [5.74, 6) is -5.02. The summed E-state index contributed by atoms with van der Waals surface area (Å²) in [5.41, 5.74) is 0.511. The maximum Gasteiger partial charge on any atom is 0.337 e. The summed E-state index contributed by atoms with van der Waals surface area (Å²) >= 11 is 0. The van der Waals surface area contributed by atoms with E-state index in [1.54, 1.807) is 19.1 Å². The smallest absolute Gasteiger partial charge is 0.337 e. The second-order valence-electron chi connectivity index (χ2n) is 6.63. The Balaban J connectivity index is 2.05. The highest BCUT2D eigenvalue weighted by molar-refractivity contribution is 6.01. The van der Waals surface area contributed by atoms with Gasteiger partial charge in [-0.2, -0.15) is 0 Å². The van der Waals surface area contributed by atoms with E-state index in [0.717, 1.165) is 17.2 Å². The van der Waals surface area contributed by atoms with Crippen LogP contribution in [-0.4, -0.2) is 48.2 Å². The highest BCUT2D eigenvalue weighted by atomic mass is 19.2. The normalized spacial score (nSPS) is 14.1. The molecule has 2 aromatic rings. The van der Waals surface area contributed by atoms with Gasteiger partial charge in [0.15, 0.2) is 11.6 Å². The Morgan fingerprint density at radius 1 is 1.07 bits per heavy atom. The van der Waals surface area contributed by atoms with E-state index >= 15 is 0 Å². The molecule has 0 radical (unpaired) electrons. The molecule has 0 unspecified atom stereocenters. The molecular weight excluding hydrogens is 370 g/mol. The lowest BCUT2D eigenvalue weighted by Crippen LogP contribution is -2.41. The SMILES string of the molecule is Cc1ccc(Nc2c(C(=O)O)cc(C(=O)N3CCOCC3)c(F)c2F)c(C)c1. The van der Waals surface area contributed by atoms with E-state index in [9.17, 15) is 23.5 Å². The van der Waals surface area contributed by atoms with Crippen LogP contribution in [0.2, 0.25) is 0 Å². The molecule has 0 spiro atoms. The van der Waals surface area contributed by atoms with Crippen LogP contribution in [0.4, 0.5) is 20.2 Å². The summed E-state index contributed by atoms with van der Waals surface area (Å²) in [7, 11) is 0. The lowest BCUT2D eigenvalue weighted by Gasteiger charge is -2.27. The fraction of sp³-hybridized carbons (Fsp3) is 0.300. The molecule has 0 saturated carbocycles. The van der Waals surface area contributed by atoms with E-state index in [0.29, 0.717) is 5.69 Å². The summed E-state index contributed by atoms with van der Waals surface area (Å²) in [6.07, 6.45) is 0. The maximum absolute atomic E-state index is 14.8. The number of nitrogens with one attached hydrogen (secondary N) is 1. The van der Waals surface area contributed by atoms with Gasteiger partial charge in [-0.3, -0.25) is 4.79 Å². The summed E-state index contributed by atoms with van der Waals surface area (Å²) in [6, 6.07) is 6.12. The average molecular weight is 390 g/mol. The molecular formula is C20H20F2N2O4. The lowest BCUT2D eigenvalue weighted by atomic mass is 10.0. The summed E-state index contributed by atoms with van der Waals surface area (Å²) in [5, 5.41) is 12.2. The zero-order valence-electron chi connectivity index (χ0n) is 15.5. The monoisotopic (exact) mass is 390 g/mol. The van der Waals surface area contributed by atoms with Crippen LogP contribution in [0.25, 0.3) is 0 Å². The zero-order valence-corrected chi connectivity index (χ0v) is 15.5. The van der Waals surface area contributed by atoms with Crippen LogP contribution in [0.15, 0.2) is 24.3 Å². The Hall–Kier alpha value is -3.00. The third-order valence-electron chi connectivity index (χ3n) is 4.61. The minimum Gasteiger partial charge on any atom is -0.478 e. The Kier molecular flexibility index (Phi) is 5.60. The number of anilines is 2. The molecule has 2 N–H and O–H groups in total. The van der Waals surface area contributed by atoms with Gasteiger partial charge in [-0.05, 0) is 31.5 Å². The first-order valence-electron chi connectivity index (χ1n) is 8.76. The van der Waals surface area contributed by atoms with Crippen LogP contribution in [0, 0.1) is 25.5 Å². The predicted molar refractivity (Wildman–Crippen MR) is 99.2 cm³/mol. The first-order chi connectivity index (χ1) is 13.3. The van der Waals surface area contributed by atoms with Gasteiger partial charge in [0.1, 0.15) is 0 Å². The van der Waals surface area contributed by atoms with Crippen molar-refractivity contribution in [3.8, 4) is 0 Å². The molecule has 6 nitrogen and oxygen atoms in total. The fourth-order valence-electron chi connectivity index (χ4n) is 3.10. The maximum atomic E-state index is 14.8. The number of carboxylic acids is 1. The van der Waals surface area contributed by atoms with Crippen LogP contribution in [0.5, 0.6) is 0 Å². The first-order valence-corrected chi connectivity index (χ1v) is 8.76. The quantitative estimate of drug-likeness (QED) is 0.836. The van der Waals surface area contributed by atoms with Gasteiger partial charge in [-0.1, -0.05) is 17.7 Å². The molecule has 0 bridgehead atoms. The van der Waals surface area contributed by atoms with Crippen LogP contribution in [0.1, 0.15) is 31.8 Å². The number of nitrogens with zero attached hydrogens (tertiary/aromatic N) is 1. The van der Waals surface area contributed by atoms with Crippen LogP contribution < -0.4 is 5.32 Å². The molecule has 3 rings (SSSR count).